The zero-order valence-corrected chi connectivity index (χ0v) is 17.0. The minimum absolute atomic E-state index is 0.000866. The maximum atomic E-state index is 12.3. The van der Waals surface area contributed by atoms with Crippen LogP contribution in [0, 0.1) is 10.1 Å². The van der Waals surface area contributed by atoms with Gasteiger partial charge in [0.1, 0.15) is 5.75 Å². The van der Waals surface area contributed by atoms with E-state index in [1.165, 1.54) is 41.2 Å². The number of hydrogen-bond donors (Lipinski definition) is 2. The molecule has 11 heteroatoms. The molecular formula is C18H13BrClN5O4. The highest BCUT2D eigenvalue weighted by Crippen LogP contribution is 2.20. The predicted molar refractivity (Wildman–Crippen MR) is 110 cm³/mol. The minimum Gasteiger partial charge on any atom is -0.507 e. The average Bonchev–Trinajstić information content (AvgIpc) is 3.05. The van der Waals surface area contributed by atoms with E-state index >= 15 is 0 Å². The van der Waals surface area contributed by atoms with Crippen LogP contribution in [0.1, 0.15) is 21.6 Å². The molecule has 1 amide bonds. The van der Waals surface area contributed by atoms with Gasteiger partial charge in [0.05, 0.1) is 22.2 Å². The van der Waals surface area contributed by atoms with Crippen molar-refractivity contribution >= 4 is 45.3 Å². The fraction of sp³-hybridized carbons (Fsp3) is 0.0556. The van der Waals surface area contributed by atoms with Crippen LogP contribution in [0.2, 0.25) is 5.02 Å². The number of carbonyl (C=O) groups is 1. The van der Waals surface area contributed by atoms with Crippen LogP contribution < -0.4 is 5.43 Å². The van der Waals surface area contributed by atoms with Gasteiger partial charge in [-0.25, -0.2) is 5.43 Å². The Labute approximate surface area is 177 Å². The zero-order chi connectivity index (χ0) is 21.0. The highest BCUT2D eigenvalue weighted by Gasteiger charge is 2.15. The van der Waals surface area contributed by atoms with Crippen molar-refractivity contribution in [2.75, 3.05) is 0 Å². The van der Waals surface area contributed by atoms with Gasteiger partial charge in [0, 0.05) is 28.9 Å². The van der Waals surface area contributed by atoms with Gasteiger partial charge in [0.15, 0.2) is 5.69 Å². The maximum absolute atomic E-state index is 12.3. The fourth-order valence-electron chi connectivity index (χ4n) is 2.38. The molecule has 2 N–H and O–H groups in total. The number of phenols is 1. The van der Waals surface area contributed by atoms with Crippen LogP contribution >= 0.6 is 27.5 Å². The van der Waals surface area contributed by atoms with Crippen LogP contribution in [-0.4, -0.2) is 31.9 Å². The number of nitrogens with one attached hydrogen (secondary N) is 1. The van der Waals surface area contributed by atoms with E-state index in [0.717, 1.165) is 5.56 Å². The first-order chi connectivity index (χ1) is 13.8. The van der Waals surface area contributed by atoms with Crippen molar-refractivity contribution < 1.29 is 14.8 Å². The molecule has 1 aromatic heterocycles. The Morgan fingerprint density at radius 1 is 1.34 bits per heavy atom. The number of carbonyl (C=O) groups excluding carboxylic acids is 1. The van der Waals surface area contributed by atoms with Gasteiger partial charge in [-0.15, -0.1) is 0 Å². The molecule has 2 aromatic carbocycles. The molecule has 0 saturated heterocycles. The minimum atomic E-state index is -0.558. The normalized spacial score (nSPS) is 11.0. The standard InChI is InChI=1S/C18H13BrClN5O4/c19-15-10-24(9-11-1-4-14(5-2-11)25(28)29)23-17(15)18(27)22-21-8-12-7-13(20)3-6-16(12)26/h1-8,10,26H,9H2,(H,22,27). The van der Waals surface area contributed by atoms with Crippen LogP contribution in [0.3, 0.4) is 0 Å². The number of nitro groups is 1. The second-order valence-corrected chi connectivity index (χ2v) is 7.14. The first-order valence-electron chi connectivity index (χ1n) is 8.11. The molecule has 148 valence electrons. The molecule has 0 radical (unpaired) electrons. The third kappa shape index (κ3) is 5.18. The summed E-state index contributed by atoms with van der Waals surface area (Å²) in [6.45, 7) is 0.323. The van der Waals surface area contributed by atoms with E-state index in [9.17, 15) is 20.0 Å². The molecule has 0 unspecified atom stereocenters. The maximum Gasteiger partial charge on any atom is 0.293 e. The van der Waals surface area contributed by atoms with Gasteiger partial charge in [0.2, 0.25) is 0 Å². The monoisotopic (exact) mass is 477 g/mol. The third-order valence-electron chi connectivity index (χ3n) is 3.78. The van der Waals surface area contributed by atoms with Crippen molar-refractivity contribution in [1.82, 2.24) is 15.2 Å². The number of rotatable bonds is 6. The van der Waals surface area contributed by atoms with Gasteiger partial charge >= 0.3 is 0 Å². The molecule has 29 heavy (non-hydrogen) atoms. The lowest BCUT2D eigenvalue weighted by Gasteiger charge is -2.02. The molecular weight excluding hydrogens is 466 g/mol. The number of phenolic OH excluding ortho intramolecular Hbond substituents is 1. The van der Waals surface area contributed by atoms with Crippen molar-refractivity contribution in [3.8, 4) is 5.75 Å². The number of benzene rings is 2. The first kappa shape index (κ1) is 20.5. The number of aromatic nitrogens is 2. The van der Waals surface area contributed by atoms with Gasteiger partial charge in [-0.05, 0) is 39.7 Å². The molecule has 1 heterocycles. The second-order valence-electron chi connectivity index (χ2n) is 5.85. The van der Waals surface area contributed by atoms with E-state index in [1.54, 1.807) is 18.3 Å². The number of halogens is 2. The van der Waals surface area contributed by atoms with Crippen LogP contribution in [0.4, 0.5) is 5.69 Å². The molecule has 0 spiro atoms. The van der Waals surface area contributed by atoms with E-state index in [0.29, 0.717) is 21.6 Å². The summed E-state index contributed by atoms with van der Waals surface area (Å²) in [4.78, 5) is 22.5. The molecule has 0 aliphatic rings. The van der Waals surface area contributed by atoms with E-state index in [1.807, 2.05) is 0 Å². The largest absolute Gasteiger partial charge is 0.507 e. The molecule has 0 aliphatic carbocycles. The van der Waals surface area contributed by atoms with Gasteiger partial charge < -0.3 is 5.11 Å². The number of non-ortho nitro benzene ring substituents is 1. The van der Waals surface area contributed by atoms with Crippen molar-refractivity contribution in [3.63, 3.8) is 0 Å². The van der Waals surface area contributed by atoms with Gasteiger partial charge in [-0.3, -0.25) is 19.6 Å². The van der Waals surface area contributed by atoms with Crippen LogP contribution in [0.15, 0.2) is 58.2 Å². The van der Waals surface area contributed by atoms with E-state index in [2.05, 4.69) is 31.6 Å². The summed E-state index contributed by atoms with van der Waals surface area (Å²) < 4.78 is 1.98. The lowest BCUT2D eigenvalue weighted by Crippen LogP contribution is -2.19. The Balaban J connectivity index is 1.67. The molecule has 0 bridgehead atoms. The Morgan fingerprint density at radius 2 is 2.07 bits per heavy atom. The summed E-state index contributed by atoms with van der Waals surface area (Å²) in [7, 11) is 0. The lowest BCUT2D eigenvalue weighted by atomic mass is 10.2. The number of aromatic hydroxyl groups is 1. The van der Waals surface area contributed by atoms with E-state index in [4.69, 9.17) is 11.6 Å². The summed E-state index contributed by atoms with van der Waals surface area (Å²) in [5.41, 5.74) is 3.57. The molecule has 3 rings (SSSR count). The fourth-order valence-corrected chi connectivity index (χ4v) is 3.06. The molecule has 0 fully saturated rings. The number of nitro benzene ring substituents is 1. The molecule has 9 nitrogen and oxygen atoms in total. The van der Waals surface area contributed by atoms with Crippen LogP contribution in [-0.2, 0) is 6.54 Å². The predicted octanol–water partition coefficient (Wildman–Crippen LogP) is 3.73. The number of hydrogen-bond acceptors (Lipinski definition) is 6. The Kier molecular flexibility index (Phi) is 6.25. The lowest BCUT2D eigenvalue weighted by molar-refractivity contribution is -0.384. The zero-order valence-electron chi connectivity index (χ0n) is 14.6. The Morgan fingerprint density at radius 3 is 2.76 bits per heavy atom. The van der Waals surface area contributed by atoms with Crippen molar-refractivity contribution in [2.24, 2.45) is 5.10 Å². The highest BCUT2D eigenvalue weighted by molar-refractivity contribution is 9.10. The van der Waals surface area contributed by atoms with E-state index < -0.39 is 10.8 Å². The Bertz CT molecular complexity index is 1100. The van der Waals surface area contributed by atoms with Crippen LogP contribution in [0.25, 0.3) is 0 Å². The van der Waals surface area contributed by atoms with Crippen LogP contribution in [0.5, 0.6) is 5.75 Å². The average molecular weight is 479 g/mol. The molecule has 3 aromatic rings. The molecule has 0 atom stereocenters. The summed E-state index contributed by atoms with van der Waals surface area (Å²) >= 11 is 9.13. The van der Waals surface area contributed by atoms with E-state index in [-0.39, 0.29) is 17.1 Å². The van der Waals surface area contributed by atoms with Crippen molar-refractivity contribution in [2.45, 2.75) is 6.54 Å². The summed E-state index contributed by atoms with van der Waals surface area (Å²) in [5, 5.41) is 28.9. The number of nitrogens with zero attached hydrogens (tertiary/aromatic N) is 4. The first-order valence-corrected chi connectivity index (χ1v) is 9.29. The van der Waals surface area contributed by atoms with Gasteiger partial charge in [0.25, 0.3) is 11.6 Å². The summed E-state index contributed by atoms with van der Waals surface area (Å²) in [6.07, 6.45) is 2.88. The topological polar surface area (TPSA) is 123 Å². The van der Waals surface area contributed by atoms with Crippen molar-refractivity contribution in [1.29, 1.82) is 0 Å². The van der Waals surface area contributed by atoms with Crippen molar-refractivity contribution in [3.05, 3.63) is 85.1 Å². The third-order valence-corrected chi connectivity index (χ3v) is 4.60. The SMILES string of the molecule is O=C(NN=Cc1cc(Cl)ccc1O)c1nn(Cc2ccc([N+](=O)[O-])cc2)cc1Br. The molecule has 0 saturated carbocycles. The van der Waals surface area contributed by atoms with Gasteiger partial charge in [-0.2, -0.15) is 10.2 Å². The second kappa shape index (κ2) is 8.84. The van der Waals surface area contributed by atoms with Gasteiger partial charge in [-0.1, -0.05) is 23.7 Å². The summed E-state index contributed by atoms with van der Waals surface area (Å²) in [6, 6.07) is 10.5. The number of amides is 1. The summed E-state index contributed by atoms with van der Waals surface area (Å²) in [5.74, 6) is -0.585. The molecule has 0 aliphatic heterocycles. The number of hydrazone groups is 1. The smallest absolute Gasteiger partial charge is 0.293 e. The Hall–Kier alpha value is -3.24. The quantitative estimate of drug-likeness (QED) is 0.317. The highest BCUT2D eigenvalue weighted by atomic mass is 79.9.